The number of nitrogens with zero attached hydrogens (tertiary/aromatic N) is 2. The summed E-state index contributed by atoms with van der Waals surface area (Å²) in [6.07, 6.45) is 4.00. The lowest BCUT2D eigenvalue weighted by molar-refractivity contribution is 0.299. The molecule has 1 fully saturated rings. The summed E-state index contributed by atoms with van der Waals surface area (Å²) in [5.74, 6) is 0.796. The first kappa shape index (κ1) is 13.5. The highest BCUT2D eigenvalue weighted by atomic mass is 35.5. The van der Waals surface area contributed by atoms with E-state index in [1.54, 1.807) is 6.07 Å². The second kappa shape index (κ2) is 5.50. The van der Waals surface area contributed by atoms with Gasteiger partial charge in [-0.15, -0.1) is 0 Å². The van der Waals surface area contributed by atoms with Gasteiger partial charge in [-0.25, -0.2) is 4.39 Å². The molecule has 1 aromatic carbocycles. The fourth-order valence-electron chi connectivity index (χ4n) is 2.61. The molecule has 106 valence electrons. The number of aromatic nitrogens is 2. The highest BCUT2D eigenvalue weighted by Crippen LogP contribution is 2.32. The second-order valence-corrected chi connectivity index (χ2v) is 5.62. The first-order chi connectivity index (χ1) is 9.63. The van der Waals surface area contributed by atoms with E-state index in [0.29, 0.717) is 17.3 Å². The van der Waals surface area contributed by atoms with Crippen molar-refractivity contribution in [3.05, 3.63) is 34.9 Å². The van der Waals surface area contributed by atoms with Crippen molar-refractivity contribution in [2.45, 2.75) is 37.6 Å². The maximum atomic E-state index is 13.1. The summed E-state index contributed by atoms with van der Waals surface area (Å²) in [5, 5.41) is 4.00. The Balaban J connectivity index is 1.84. The Bertz CT molecular complexity index is 616. The standard InChI is InChI=1S/C14H15ClFN3O/c15-11-7-8(4-5-12(11)16)13-18-14(20-19-13)9-2-1-3-10(17)6-9/h4-5,7,9-10H,1-3,6,17H2. The van der Waals surface area contributed by atoms with Gasteiger partial charge < -0.3 is 10.3 Å². The van der Waals surface area contributed by atoms with Crippen molar-refractivity contribution >= 4 is 11.6 Å². The summed E-state index contributed by atoms with van der Waals surface area (Å²) in [4.78, 5) is 4.39. The molecule has 3 rings (SSSR count). The van der Waals surface area contributed by atoms with Crippen LogP contribution in [0.15, 0.2) is 22.7 Å². The monoisotopic (exact) mass is 295 g/mol. The summed E-state index contributed by atoms with van der Waals surface area (Å²) in [6, 6.07) is 4.58. The van der Waals surface area contributed by atoms with E-state index < -0.39 is 5.82 Å². The lowest BCUT2D eigenvalue weighted by Gasteiger charge is -2.23. The van der Waals surface area contributed by atoms with Gasteiger partial charge in [-0.3, -0.25) is 0 Å². The Hall–Kier alpha value is -1.46. The molecule has 0 radical (unpaired) electrons. The first-order valence-electron chi connectivity index (χ1n) is 6.68. The molecule has 1 heterocycles. The maximum absolute atomic E-state index is 13.1. The van der Waals surface area contributed by atoms with E-state index in [1.165, 1.54) is 12.1 Å². The number of rotatable bonds is 2. The van der Waals surface area contributed by atoms with Crippen LogP contribution in [-0.2, 0) is 0 Å². The lowest BCUT2D eigenvalue weighted by atomic mass is 9.86. The molecule has 2 aromatic rings. The molecule has 0 bridgehead atoms. The van der Waals surface area contributed by atoms with Gasteiger partial charge in [0, 0.05) is 17.5 Å². The average molecular weight is 296 g/mol. The van der Waals surface area contributed by atoms with Crippen LogP contribution in [0.1, 0.15) is 37.5 Å². The third kappa shape index (κ3) is 2.69. The van der Waals surface area contributed by atoms with Gasteiger partial charge in [-0.05, 0) is 37.5 Å². The van der Waals surface area contributed by atoms with Crippen molar-refractivity contribution in [2.75, 3.05) is 0 Å². The molecule has 2 unspecified atom stereocenters. The Kier molecular flexibility index (Phi) is 3.72. The minimum atomic E-state index is -0.461. The van der Waals surface area contributed by atoms with Crippen molar-refractivity contribution in [1.82, 2.24) is 10.1 Å². The molecular formula is C14H15ClFN3O. The predicted molar refractivity (Wildman–Crippen MR) is 73.9 cm³/mol. The van der Waals surface area contributed by atoms with E-state index in [0.717, 1.165) is 25.7 Å². The molecule has 1 aromatic heterocycles. The van der Waals surface area contributed by atoms with Crippen LogP contribution in [0.5, 0.6) is 0 Å². The van der Waals surface area contributed by atoms with Crippen LogP contribution >= 0.6 is 11.6 Å². The molecular weight excluding hydrogens is 281 g/mol. The SMILES string of the molecule is NC1CCCC(c2nc(-c3ccc(F)c(Cl)c3)no2)C1. The molecule has 4 nitrogen and oxygen atoms in total. The van der Waals surface area contributed by atoms with E-state index in [1.807, 2.05) is 0 Å². The molecule has 6 heteroatoms. The zero-order chi connectivity index (χ0) is 14.1. The maximum Gasteiger partial charge on any atom is 0.230 e. The van der Waals surface area contributed by atoms with E-state index in [9.17, 15) is 4.39 Å². The summed E-state index contributed by atoms with van der Waals surface area (Å²) in [7, 11) is 0. The van der Waals surface area contributed by atoms with Gasteiger partial charge >= 0.3 is 0 Å². The van der Waals surface area contributed by atoms with Gasteiger partial charge in [0.25, 0.3) is 0 Å². The quantitative estimate of drug-likeness (QED) is 0.920. The molecule has 0 saturated heterocycles. The Morgan fingerprint density at radius 3 is 2.95 bits per heavy atom. The van der Waals surface area contributed by atoms with Gasteiger partial charge in [0.2, 0.25) is 11.7 Å². The third-order valence-corrected chi connectivity index (χ3v) is 3.97. The predicted octanol–water partition coefficient (Wildman–Crippen LogP) is 3.51. The normalized spacial score (nSPS) is 22.9. The molecule has 2 N–H and O–H groups in total. The molecule has 1 aliphatic rings. The highest BCUT2D eigenvalue weighted by molar-refractivity contribution is 6.31. The number of hydrogen-bond donors (Lipinski definition) is 1. The van der Waals surface area contributed by atoms with Gasteiger partial charge in [0.15, 0.2) is 0 Å². The second-order valence-electron chi connectivity index (χ2n) is 5.21. The third-order valence-electron chi connectivity index (χ3n) is 3.68. The molecule has 20 heavy (non-hydrogen) atoms. The number of benzene rings is 1. The molecule has 1 aliphatic carbocycles. The molecule has 0 spiro atoms. The van der Waals surface area contributed by atoms with Crippen molar-refractivity contribution < 1.29 is 8.91 Å². The van der Waals surface area contributed by atoms with Gasteiger partial charge in [0.05, 0.1) is 5.02 Å². The van der Waals surface area contributed by atoms with Crippen molar-refractivity contribution in [3.63, 3.8) is 0 Å². The van der Waals surface area contributed by atoms with E-state index in [2.05, 4.69) is 10.1 Å². The highest BCUT2D eigenvalue weighted by Gasteiger charge is 2.25. The van der Waals surface area contributed by atoms with Crippen LogP contribution in [0, 0.1) is 5.82 Å². The van der Waals surface area contributed by atoms with E-state index in [-0.39, 0.29) is 17.0 Å². The van der Waals surface area contributed by atoms with Gasteiger partial charge in [0.1, 0.15) is 5.82 Å². The zero-order valence-electron chi connectivity index (χ0n) is 10.9. The van der Waals surface area contributed by atoms with Crippen LogP contribution in [-0.4, -0.2) is 16.2 Å². The van der Waals surface area contributed by atoms with Crippen LogP contribution in [0.2, 0.25) is 5.02 Å². The Morgan fingerprint density at radius 1 is 1.35 bits per heavy atom. The van der Waals surface area contributed by atoms with E-state index >= 15 is 0 Å². The van der Waals surface area contributed by atoms with Crippen molar-refractivity contribution in [3.8, 4) is 11.4 Å². The van der Waals surface area contributed by atoms with Gasteiger partial charge in [-0.1, -0.05) is 23.2 Å². The van der Waals surface area contributed by atoms with Crippen molar-refractivity contribution in [1.29, 1.82) is 0 Å². The summed E-state index contributed by atoms with van der Waals surface area (Å²) < 4.78 is 18.5. The Labute approximate surface area is 121 Å². The van der Waals surface area contributed by atoms with Gasteiger partial charge in [-0.2, -0.15) is 4.98 Å². The topological polar surface area (TPSA) is 64.9 Å². The van der Waals surface area contributed by atoms with E-state index in [4.69, 9.17) is 21.9 Å². The summed E-state index contributed by atoms with van der Waals surface area (Å²) in [5.41, 5.74) is 6.61. The number of nitrogens with two attached hydrogens (primary N) is 1. The first-order valence-corrected chi connectivity index (χ1v) is 7.06. The fraction of sp³-hybridized carbons (Fsp3) is 0.429. The van der Waals surface area contributed by atoms with Crippen LogP contribution < -0.4 is 5.73 Å². The molecule has 0 amide bonds. The molecule has 1 saturated carbocycles. The molecule has 0 aliphatic heterocycles. The largest absolute Gasteiger partial charge is 0.339 e. The number of halogens is 2. The minimum Gasteiger partial charge on any atom is -0.339 e. The van der Waals surface area contributed by atoms with Crippen LogP contribution in [0.3, 0.4) is 0 Å². The Morgan fingerprint density at radius 2 is 2.20 bits per heavy atom. The van der Waals surface area contributed by atoms with Crippen LogP contribution in [0.25, 0.3) is 11.4 Å². The summed E-state index contributed by atoms with van der Waals surface area (Å²) >= 11 is 5.76. The zero-order valence-corrected chi connectivity index (χ0v) is 11.6. The van der Waals surface area contributed by atoms with Crippen LogP contribution in [0.4, 0.5) is 4.39 Å². The average Bonchev–Trinajstić information content (AvgIpc) is 2.92. The smallest absolute Gasteiger partial charge is 0.230 e. The summed E-state index contributed by atoms with van der Waals surface area (Å²) in [6.45, 7) is 0. The van der Waals surface area contributed by atoms with Crippen molar-refractivity contribution in [2.24, 2.45) is 5.73 Å². The fourth-order valence-corrected chi connectivity index (χ4v) is 2.79. The lowest BCUT2D eigenvalue weighted by Crippen LogP contribution is -2.26. The number of hydrogen-bond acceptors (Lipinski definition) is 4. The minimum absolute atomic E-state index is 0.0496. The molecule has 2 atom stereocenters.